The number of halogens is 3. The molecule has 0 bridgehead atoms. The lowest BCUT2D eigenvalue weighted by molar-refractivity contribution is 0.102. The molecule has 0 aliphatic carbocycles. The second kappa shape index (κ2) is 6.22. The second-order valence-corrected chi connectivity index (χ2v) is 5.21. The van der Waals surface area contributed by atoms with Gasteiger partial charge in [0.1, 0.15) is 22.9 Å². The summed E-state index contributed by atoms with van der Waals surface area (Å²) in [6.07, 6.45) is 0. The summed E-state index contributed by atoms with van der Waals surface area (Å²) in [4.78, 5) is 12.2. The summed E-state index contributed by atoms with van der Waals surface area (Å²) in [5, 5.41) is 2.49. The topological polar surface area (TPSA) is 38.3 Å². The van der Waals surface area contributed by atoms with Gasteiger partial charge < -0.3 is 10.1 Å². The molecule has 0 heterocycles. The Hall–Kier alpha value is -1.95. The van der Waals surface area contributed by atoms with Gasteiger partial charge in [-0.2, -0.15) is 0 Å². The summed E-state index contributed by atoms with van der Waals surface area (Å²) < 4.78 is 32.6. The van der Waals surface area contributed by atoms with Crippen molar-refractivity contribution in [3.05, 3.63) is 57.6 Å². The summed E-state index contributed by atoms with van der Waals surface area (Å²) in [7, 11) is 1.34. The average Bonchev–Trinajstić information content (AvgIpc) is 2.44. The molecule has 1 amide bonds. The smallest absolute Gasteiger partial charge is 0.262 e. The molecule has 0 saturated carbocycles. The molecule has 0 fully saturated rings. The van der Waals surface area contributed by atoms with Crippen LogP contribution in [0.2, 0.25) is 0 Å². The van der Waals surface area contributed by atoms with E-state index in [1.54, 1.807) is 6.92 Å². The van der Waals surface area contributed by atoms with E-state index in [0.29, 0.717) is 10.0 Å². The molecule has 0 aliphatic heterocycles. The number of rotatable bonds is 3. The number of methoxy groups -OCH3 is 1. The molecule has 110 valence electrons. The largest absolute Gasteiger partial charge is 0.496 e. The fraction of sp³-hybridized carbons (Fsp3) is 0.133. The van der Waals surface area contributed by atoms with Gasteiger partial charge in [0.15, 0.2) is 0 Å². The van der Waals surface area contributed by atoms with E-state index in [1.807, 2.05) is 0 Å². The maximum Gasteiger partial charge on any atom is 0.262 e. The number of nitrogens with one attached hydrogen (secondary N) is 1. The first-order valence-corrected chi connectivity index (χ1v) is 6.83. The van der Waals surface area contributed by atoms with Crippen LogP contribution in [0.5, 0.6) is 5.75 Å². The van der Waals surface area contributed by atoms with Gasteiger partial charge in [-0.05, 0) is 52.7 Å². The normalized spacial score (nSPS) is 10.3. The Morgan fingerprint density at radius 1 is 1.24 bits per heavy atom. The number of anilines is 1. The molecule has 0 aliphatic rings. The molecule has 6 heteroatoms. The standard InChI is InChI=1S/C15H12BrF2NO2/c1-8-6-9(16)11(18)7-12(8)19-15(20)14-10(17)4-3-5-13(14)21-2/h3-7H,1-2H3,(H,19,20). The van der Waals surface area contributed by atoms with Crippen molar-refractivity contribution >= 4 is 27.5 Å². The lowest BCUT2D eigenvalue weighted by atomic mass is 10.1. The summed E-state index contributed by atoms with van der Waals surface area (Å²) in [6.45, 7) is 1.71. The molecule has 2 aromatic carbocycles. The monoisotopic (exact) mass is 355 g/mol. The van der Waals surface area contributed by atoms with E-state index in [2.05, 4.69) is 21.2 Å². The third-order valence-corrected chi connectivity index (χ3v) is 3.55. The molecule has 0 spiro atoms. The number of carbonyl (C=O) groups is 1. The SMILES string of the molecule is COc1cccc(F)c1C(=O)Nc1cc(F)c(Br)cc1C. The zero-order valence-electron chi connectivity index (χ0n) is 11.3. The van der Waals surface area contributed by atoms with E-state index in [-0.39, 0.29) is 17.0 Å². The number of benzene rings is 2. The highest BCUT2D eigenvalue weighted by molar-refractivity contribution is 9.10. The summed E-state index contributed by atoms with van der Waals surface area (Å²) in [6, 6.07) is 6.78. The van der Waals surface area contributed by atoms with Gasteiger partial charge in [0.05, 0.1) is 11.6 Å². The van der Waals surface area contributed by atoms with Crippen molar-refractivity contribution < 1.29 is 18.3 Å². The highest BCUT2D eigenvalue weighted by atomic mass is 79.9. The molecule has 2 aromatic rings. The number of aryl methyl sites for hydroxylation is 1. The van der Waals surface area contributed by atoms with Crippen LogP contribution in [-0.2, 0) is 0 Å². The van der Waals surface area contributed by atoms with Crippen molar-refractivity contribution in [3.8, 4) is 5.75 Å². The zero-order valence-corrected chi connectivity index (χ0v) is 12.9. The van der Waals surface area contributed by atoms with Crippen molar-refractivity contribution in [3.63, 3.8) is 0 Å². The predicted octanol–water partition coefficient (Wildman–Crippen LogP) is 4.30. The summed E-state index contributed by atoms with van der Waals surface area (Å²) in [5.74, 6) is -1.81. The summed E-state index contributed by atoms with van der Waals surface area (Å²) >= 11 is 3.06. The fourth-order valence-electron chi connectivity index (χ4n) is 1.86. The molecule has 1 N–H and O–H groups in total. The first kappa shape index (κ1) is 15.4. The Morgan fingerprint density at radius 2 is 1.95 bits per heavy atom. The Bertz CT molecular complexity index is 704. The highest BCUT2D eigenvalue weighted by Crippen LogP contribution is 2.26. The number of carbonyl (C=O) groups excluding carboxylic acids is 1. The van der Waals surface area contributed by atoms with Crippen LogP contribution in [0.25, 0.3) is 0 Å². The maximum atomic E-state index is 13.8. The van der Waals surface area contributed by atoms with Crippen molar-refractivity contribution in [1.29, 1.82) is 0 Å². The van der Waals surface area contributed by atoms with Crippen molar-refractivity contribution in [2.45, 2.75) is 6.92 Å². The Kier molecular flexibility index (Phi) is 4.57. The molecule has 0 saturated heterocycles. The van der Waals surface area contributed by atoms with Gasteiger partial charge in [0, 0.05) is 5.69 Å². The van der Waals surface area contributed by atoms with E-state index >= 15 is 0 Å². The van der Waals surface area contributed by atoms with E-state index in [4.69, 9.17) is 4.74 Å². The highest BCUT2D eigenvalue weighted by Gasteiger charge is 2.18. The van der Waals surface area contributed by atoms with E-state index < -0.39 is 17.5 Å². The number of hydrogen-bond acceptors (Lipinski definition) is 2. The van der Waals surface area contributed by atoms with Crippen LogP contribution < -0.4 is 10.1 Å². The van der Waals surface area contributed by atoms with Crippen LogP contribution in [-0.4, -0.2) is 13.0 Å². The Balaban J connectivity index is 2.37. The minimum absolute atomic E-state index is 0.114. The first-order valence-electron chi connectivity index (χ1n) is 6.03. The van der Waals surface area contributed by atoms with Crippen molar-refractivity contribution in [2.75, 3.05) is 12.4 Å². The van der Waals surface area contributed by atoms with Crippen LogP contribution in [0.3, 0.4) is 0 Å². The number of amides is 1. The Labute approximate surface area is 129 Å². The van der Waals surface area contributed by atoms with E-state index in [9.17, 15) is 13.6 Å². The first-order chi connectivity index (χ1) is 9.93. The molecule has 21 heavy (non-hydrogen) atoms. The van der Waals surface area contributed by atoms with Crippen LogP contribution >= 0.6 is 15.9 Å². The molecule has 0 unspecified atom stereocenters. The average molecular weight is 356 g/mol. The minimum Gasteiger partial charge on any atom is -0.496 e. The molecule has 0 atom stereocenters. The van der Waals surface area contributed by atoms with Gasteiger partial charge in [-0.3, -0.25) is 4.79 Å². The number of ether oxygens (including phenoxy) is 1. The molecule has 3 nitrogen and oxygen atoms in total. The molecule has 0 aromatic heterocycles. The van der Waals surface area contributed by atoms with Crippen LogP contribution in [0, 0.1) is 18.6 Å². The van der Waals surface area contributed by atoms with Crippen molar-refractivity contribution in [2.24, 2.45) is 0 Å². The Morgan fingerprint density at radius 3 is 2.62 bits per heavy atom. The number of hydrogen-bond donors (Lipinski definition) is 1. The lowest BCUT2D eigenvalue weighted by Crippen LogP contribution is -2.16. The third kappa shape index (κ3) is 3.21. The van der Waals surface area contributed by atoms with Gasteiger partial charge in [-0.25, -0.2) is 8.78 Å². The van der Waals surface area contributed by atoms with E-state index in [0.717, 1.165) is 6.07 Å². The van der Waals surface area contributed by atoms with E-state index in [1.165, 1.54) is 31.4 Å². The van der Waals surface area contributed by atoms with Gasteiger partial charge in [-0.1, -0.05) is 6.07 Å². The predicted molar refractivity (Wildman–Crippen MR) is 79.7 cm³/mol. The molecule has 0 radical (unpaired) electrons. The van der Waals surface area contributed by atoms with Crippen molar-refractivity contribution in [1.82, 2.24) is 0 Å². The fourth-order valence-corrected chi connectivity index (χ4v) is 2.32. The molecule has 2 rings (SSSR count). The van der Waals surface area contributed by atoms with Crippen LogP contribution in [0.15, 0.2) is 34.8 Å². The minimum atomic E-state index is -0.706. The maximum absolute atomic E-state index is 13.8. The quantitative estimate of drug-likeness (QED) is 0.891. The molecular formula is C15H12BrF2NO2. The second-order valence-electron chi connectivity index (χ2n) is 4.35. The van der Waals surface area contributed by atoms with Crippen LogP contribution in [0.1, 0.15) is 15.9 Å². The van der Waals surface area contributed by atoms with Gasteiger partial charge in [0.2, 0.25) is 0 Å². The lowest BCUT2D eigenvalue weighted by Gasteiger charge is -2.12. The molecular weight excluding hydrogens is 344 g/mol. The summed E-state index contributed by atoms with van der Waals surface area (Å²) in [5.41, 5.74) is 0.695. The van der Waals surface area contributed by atoms with Gasteiger partial charge in [-0.15, -0.1) is 0 Å². The van der Waals surface area contributed by atoms with Gasteiger partial charge >= 0.3 is 0 Å². The zero-order chi connectivity index (χ0) is 15.6. The van der Waals surface area contributed by atoms with Gasteiger partial charge in [0.25, 0.3) is 5.91 Å². The third-order valence-electron chi connectivity index (χ3n) is 2.94. The van der Waals surface area contributed by atoms with Crippen LogP contribution in [0.4, 0.5) is 14.5 Å².